The van der Waals surface area contributed by atoms with Crippen molar-refractivity contribution in [1.29, 1.82) is 0 Å². The highest BCUT2D eigenvalue weighted by Crippen LogP contribution is 2.33. The standard InChI is InChI=1S/C32H40N6O/c1-24-8-9-25(2)28(23-24)36-19-21-37(22-20-36)30(39)14-15-33-32-31(34-29-7-3-4-18-38(29)32)26-10-12-27(13-11-26)35-16-5-6-17-35/h3,7-13,23,33H,4-6,14-22H2,1-2H3. The van der Waals surface area contributed by atoms with E-state index in [-0.39, 0.29) is 5.91 Å². The Balaban J connectivity index is 1.09. The number of imidazole rings is 1. The highest BCUT2D eigenvalue weighted by molar-refractivity contribution is 5.79. The van der Waals surface area contributed by atoms with E-state index < -0.39 is 0 Å². The average Bonchev–Trinajstić information content (AvgIpc) is 3.64. The van der Waals surface area contributed by atoms with Gasteiger partial charge in [-0.2, -0.15) is 0 Å². The van der Waals surface area contributed by atoms with Crippen LogP contribution in [0.5, 0.6) is 0 Å². The minimum Gasteiger partial charge on any atom is -0.372 e. The summed E-state index contributed by atoms with van der Waals surface area (Å²) in [5.41, 5.74) is 7.25. The number of hydrogen-bond acceptors (Lipinski definition) is 5. The molecule has 1 aromatic heterocycles. The predicted octanol–water partition coefficient (Wildman–Crippen LogP) is 5.33. The van der Waals surface area contributed by atoms with Crippen LogP contribution < -0.4 is 15.1 Å². The number of anilines is 3. The maximum absolute atomic E-state index is 13.1. The first-order valence-electron chi connectivity index (χ1n) is 14.5. The molecular weight excluding hydrogens is 484 g/mol. The third kappa shape index (κ3) is 5.40. The van der Waals surface area contributed by atoms with E-state index in [2.05, 4.69) is 88.1 Å². The molecule has 0 bridgehead atoms. The molecule has 2 fully saturated rings. The van der Waals surface area contributed by atoms with Crippen molar-refractivity contribution in [1.82, 2.24) is 14.5 Å². The van der Waals surface area contributed by atoms with Crippen molar-refractivity contribution < 1.29 is 4.79 Å². The first-order chi connectivity index (χ1) is 19.1. The second-order valence-electron chi connectivity index (χ2n) is 11.1. The molecule has 39 heavy (non-hydrogen) atoms. The van der Waals surface area contributed by atoms with Gasteiger partial charge in [-0.1, -0.05) is 30.3 Å². The van der Waals surface area contributed by atoms with Crippen molar-refractivity contribution in [3.05, 3.63) is 65.5 Å². The topological polar surface area (TPSA) is 56.6 Å². The van der Waals surface area contributed by atoms with Crippen LogP contribution in [0.1, 0.15) is 42.6 Å². The zero-order valence-electron chi connectivity index (χ0n) is 23.3. The fourth-order valence-electron chi connectivity index (χ4n) is 6.10. The molecule has 3 aliphatic rings. The van der Waals surface area contributed by atoms with Crippen LogP contribution in [0.4, 0.5) is 17.2 Å². The van der Waals surface area contributed by atoms with Crippen LogP contribution in [0.15, 0.2) is 48.5 Å². The van der Waals surface area contributed by atoms with Crippen molar-refractivity contribution in [3.8, 4) is 11.3 Å². The molecule has 0 unspecified atom stereocenters. The van der Waals surface area contributed by atoms with E-state index in [4.69, 9.17) is 4.98 Å². The van der Waals surface area contributed by atoms with Crippen LogP contribution in [0.25, 0.3) is 17.3 Å². The van der Waals surface area contributed by atoms with E-state index in [1.165, 1.54) is 35.3 Å². The molecule has 0 saturated carbocycles. The number of carbonyl (C=O) groups is 1. The van der Waals surface area contributed by atoms with Gasteiger partial charge in [-0.05, 0) is 68.5 Å². The Labute approximate surface area is 232 Å². The molecule has 0 aliphatic carbocycles. The fourth-order valence-corrected chi connectivity index (χ4v) is 6.10. The summed E-state index contributed by atoms with van der Waals surface area (Å²) < 4.78 is 2.26. The van der Waals surface area contributed by atoms with Crippen molar-refractivity contribution in [3.63, 3.8) is 0 Å². The summed E-state index contributed by atoms with van der Waals surface area (Å²) in [6.45, 7) is 11.4. The van der Waals surface area contributed by atoms with Gasteiger partial charge in [0.25, 0.3) is 0 Å². The van der Waals surface area contributed by atoms with E-state index >= 15 is 0 Å². The van der Waals surface area contributed by atoms with E-state index in [1.54, 1.807) is 0 Å². The zero-order chi connectivity index (χ0) is 26.8. The minimum absolute atomic E-state index is 0.220. The number of nitrogens with one attached hydrogen (secondary N) is 1. The summed E-state index contributed by atoms with van der Waals surface area (Å²) >= 11 is 0. The van der Waals surface area contributed by atoms with Gasteiger partial charge in [0.05, 0.1) is 0 Å². The number of amides is 1. The Morgan fingerprint density at radius 3 is 2.44 bits per heavy atom. The molecule has 1 amide bonds. The lowest BCUT2D eigenvalue weighted by Crippen LogP contribution is -2.49. The van der Waals surface area contributed by atoms with Gasteiger partial charge in [0, 0.05) is 75.7 Å². The maximum Gasteiger partial charge on any atom is 0.224 e. The van der Waals surface area contributed by atoms with Gasteiger partial charge in [0.1, 0.15) is 17.3 Å². The summed E-state index contributed by atoms with van der Waals surface area (Å²) in [6.07, 6.45) is 8.32. The number of hydrogen-bond donors (Lipinski definition) is 1. The molecule has 0 spiro atoms. The SMILES string of the molecule is Cc1ccc(C)c(N2CCN(C(=O)CCNc3c(-c4ccc(N5CCCC5)cc4)nc4n3CCC=C4)CC2)c1. The first kappa shape index (κ1) is 25.5. The highest BCUT2D eigenvalue weighted by Gasteiger charge is 2.23. The molecule has 3 aromatic rings. The maximum atomic E-state index is 13.1. The molecule has 1 N–H and O–H groups in total. The molecule has 6 rings (SSSR count). The van der Waals surface area contributed by atoms with Crippen LogP contribution in [0.2, 0.25) is 0 Å². The quantitative estimate of drug-likeness (QED) is 0.453. The Kier molecular flexibility index (Phi) is 7.31. The lowest BCUT2D eigenvalue weighted by molar-refractivity contribution is -0.131. The van der Waals surface area contributed by atoms with E-state index in [1.807, 2.05) is 4.90 Å². The monoisotopic (exact) mass is 524 g/mol. The number of aromatic nitrogens is 2. The molecule has 7 nitrogen and oxygen atoms in total. The number of allylic oxidation sites excluding steroid dienone is 1. The third-order valence-corrected chi connectivity index (χ3v) is 8.36. The van der Waals surface area contributed by atoms with Crippen molar-refractivity contribution >= 4 is 29.2 Å². The van der Waals surface area contributed by atoms with Crippen LogP contribution in [-0.4, -0.2) is 66.2 Å². The van der Waals surface area contributed by atoms with Gasteiger partial charge in [-0.15, -0.1) is 0 Å². The third-order valence-electron chi connectivity index (χ3n) is 8.36. The summed E-state index contributed by atoms with van der Waals surface area (Å²) in [7, 11) is 0. The first-order valence-corrected chi connectivity index (χ1v) is 14.5. The van der Waals surface area contributed by atoms with Gasteiger partial charge in [-0.25, -0.2) is 4.98 Å². The van der Waals surface area contributed by atoms with Crippen LogP contribution >= 0.6 is 0 Å². The van der Waals surface area contributed by atoms with Crippen LogP contribution in [0, 0.1) is 13.8 Å². The van der Waals surface area contributed by atoms with E-state index in [0.29, 0.717) is 13.0 Å². The summed E-state index contributed by atoms with van der Waals surface area (Å²) in [5, 5.41) is 3.61. The molecule has 2 aromatic carbocycles. The molecule has 0 atom stereocenters. The van der Waals surface area contributed by atoms with Gasteiger partial charge < -0.3 is 24.6 Å². The number of fused-ring (bicyclic) bond motifs is 1. The number of nitrogens with zero attached hydrogens (tertiary/aromatic N) is 5. The summed E-state index contributed by atoms with van der Waals surface area (Å²) in [6, 6.07) is 15.4. The Bertz CT molecular complexity index is 1340. The number of aryl methyl sites for hydroxylation is 2. The lowest BCUT2D eigenvalue weighted by atomic mass is 10.1. The number of benzene rings is 2. The van der Waals surface area contributed by atoms with Gasteiger partial charge in [0.2, 0.25) is 5.91 Å². The van der Waals surface area contributed by atoms with Crippen LogP contribution in [0.3, 0.4) is 0 Å². The van der Waals surface area contributed by atoms with Crippen molar-refractivity contribution in [2.45, 2.75) is 46.1 Å². The second-order valence-corrected chi connectivity index (χ2v) is 11.1. The Morgan fingerprint density at radius 1 is 0.897 bits per heavy atom. The van der Waals surface area contributed by atoms with Gasteiger partial charge >= 0.3 is 0 Å². The zero-order valence-corrected chi connectivity index (χ0v) is 23.3. The molecule has 204 valence electrons. The average molecular weight is 525 g/mol. The molecule has 2 saturated heterocycles. The minimum atomic E-state index is 0.220. The molecule has 7 heteroatoms. The molecule has 0 radical (unpaired) electrons. The summed E-state index contributed by atoms with van der Waals surface area (Å²) in [5.74, 6) is 2.23. The molecule has 4 heterocycles. The number of carbonyl (C=O) groups excluding carboxylic acids is 1. The normalized spacial score (nSPS) is 17.0. The Hall–Kier alpha value is -3.74. The van der Waals surface area contributed by atoms with Gasteiger partial charge in [0.15, 0.2) is 0 Å². The van der Waals surface area contributed by atoms with Gasteiger partial charge in [-0.3, -0.25) is 4.79 Å². The molecule has 3 aliphatic heterocycles. The highest BCUT2D eigenvalue weighted by atomic mass is 16.2. The lowest BCUT2D eigenvalue weighted by Gasteiger charge is -2.37. The number of rotatable bonds is 7. The van der Waals surface area contributed by atoms with Crippen molar-refractivity contribution in [2.75, 3.05) is 60.9 Å². The predicted molar refractivity (Wildman–Crippen MR) is 161 cm³/mol. The fraction of sp³-hybridized carbons (Fsp3) is 0.438. The van der Waals surface area contributed by atoms with Crippen molar-refractivity contribution in [2.24, 2.45) is 0 Å². The Morgan fingerprint density at radius 2 is 1.67 bits per heavy atom. The second kappa shape index (κ2) is 11.2. The summed E-state index contributed by atoms with van der Waals surface area (Å²) in [4.78, 5) is 25.0. The molecular formula is C32H40N6O. The van der Waals surface area contributed by atoms with Crippen LogP contribution in [-0.2, 0) is 11.3 Å². The number of piperazine rings is 1. The largest absolute Gasteiger partial charge is 0.372 e. The van der Waals surface area contributed by atoms with E-state index in [9.17, 15) is 4.79 Å². The smallest absolute Gasteiger partial charge is 0.224 e. The van der Waals surface area contributed by atoms with E-state index in [0.717, 1.165) is 75.1 Å².